The van der Waals surface area contributed by atoms with Gasteiger partial charge in [-0.3, -0.25) is 0 Å². The molecule has 2 rings (SSSR count). The van der Waals surface area contributed by atoms with Gasteiger partial charge in [-0.1, -0.05) is 22.0 Å². The second-order valence-electron chi connectivity index (χ2n) is 4.20. The zero-order valence-corrected chi connectivity index (χ0v) is 11.9. The van der Waals surface area contributed by atoms with Crippen molar-refractivity contribution in [3.8, 4) is 0 Å². The van der Waals surface area contributed by atoms with Crippen LogP contribution in [0.4, 0.5) is 17.1 Å². The van der Waals surface area contributed by atoms with Crippen molar-refractivity contribution < 1.29 is 9.90 Å². The minimum atomic E-state index is -1.03. The molecule has 0 bridgehead atoms. The molecule has 0 fully saturated rings. The number of benzene rings is 2. The minimum absolute atomic E-state index is 0.107. The Morgan fingerprint density at radius 2 is 1.84 bits per heavy atom. The van der Waals surface area contributed by atoms with E-state index in [0.717, 1.165) is 21.4 Å². The molecule has 0 saturated carbocycles. The highest BCUT2D eigenvalue weighted by Gasteiger charge is 2.08. The van der Waals surface area contributed by atoms with Gasteiger partial charge in [0.1, 0.15) is 0 Å². The predicted molar refractivity (Wildman–Crippen MR) is 80.0 cm³/mol. The van der Waals surface area contributed by atoms with Crippen LogP contribution < -0.4 is 11.1 Å². The fraction of sp³-hybridized carbons (Fsp3) is 0.0714. The van der Waals surface area contributed by atoms with Crippen LogP contribution >= 0.6 is 15.9 Å². The molecule has 2 aromatic carbocycles. The van der Waals surface area contributed by atoms with E-state index >= 15 is 0 Å². The van der Waals surface area contributed by atoms with Crippen LogP contribution in [-0.2, 0) is 0 Å². The lowest BCUT2D eigenvalue weighted by Gasteiger charge is -2.10. The number of aromatic carboxylic acids is 1. The average Bonchev–Trinajstić information content (AvgIpc) is 2.33. The summed E-state index contributed by atoms with van der Waals surface area (Å²) >= 11 is 3.46. The Morgan fingerprint density at radius 3 is 2.42 bits per heavy atom. The van der Waals surface area contributed by atoms with Gasteiger partial charge in [-0.2, -0.15) is 0 Å². The van der Waals surface area contributed by atoms with E-state index in [1.54, 1.807) is 12.1 Å². The van der Waals surface area contributed by atoms with Gasteiger partial charge in [0.25, 0.3) is 0 Å². The first kappa shape index (κ1) is 13.4. The van der Waals surface area contributed by atoms with Crippen molar-refractivity contribution in [1.82, 2.24) is 0 Å². The van der Waals surface area contributed by atoms with Crippen LogP contribution in [-0.4, -0.2) is 11.1 Å². The van der Waals surface area contributed by atoms with Gasteiger partial charge in [0.2, 0.25) is 0 Å². The van der Waals surface area contributed by atoms with Crippen LogP contribution in [0, 0.1) is 6.92 Å². The molecule has 0 amide bonds. The maximum Gasteiger partial charge on any atom is 0.337 e. The smallest absolute Gasteiger partial charge is 0.337 e. The first-order chi connectivity index (χ1) is 8.97. The lowest BCUT2D eigenvalue weighted by atomic mass is 10.1. The Balaban J connectivity index is 2.26. The molecule has 4 nitrogen and oxygen atoms in total. The summed E-state index contributed by atoms with van der Waals surface area (Å²) in [5.41, 5.74) is 8.84. The lowest BCUT2D eigenvalue weighted by Crippen LogP contribution is -2.03. The van der Waals surface area contributed by atoms with Gasteiger partial charge in [0.15, 0.2) is 0 Å². The molecule has 5 heteroatoms. The number of carboxylic acids is 1. The third kappa shape index (κ3) is 3.06. The summed E-state index contributed by atoms with van der Waals surface area (Å²) in [4.78, 5) is 10.9. The first-order valence-corrected chi connectivity index (χ1v) is 6.42. The average molecular weight is 321 g/mol. The monoisotopic (exact) mass is 320 g/mol. The molecule has 2 aromatic rings. The summed E-state index contributed by atoms with van der Waals surface area (Å²) in [6.45, 7) is 2.01. The summed E-state index contributed by atoms with van der Waals surface area (Å²) in [5, 5.41) is 12.1. The summed E-state index contributed by atoms with van der Waals surface area (Å²) in [7, 11) is 0. The molecule has 0 heterocycles. The fourth-order valence-electron chi connectivity index (χ4n) is 1.67. The molecule has 0 spiro atoms. The SMILES string of the molecule is Cc1ccc(Nc2ccc(C(=O)O)c(N)c2)cc1Br. The van der Waals surface area contributed by atoms with Crippen molar-refractivity contribution in [2.75, 3.05) is 11.1 Å². The highest BCUT2D eigenvalue weighted by molar-refractivity contribution is 9.10. The van der Waals surface area contributed by atoms with Crippen LogP contribution in [0.3, 0.4) is 0 Å². The number of aryl methyl sites for hydroxylation is 1. The van der Waals surface area contributed by atoms with E-state index in [1.165, 1.54) is 6.07 Å². The molecular formula is C14H13BrN2O2. The summed E-state index contributed by atoms with van der Waals surface area (Å²) in [5.74, 6) is -1.03. The van der Waals surface area contributed by atoms with Crippen LogP contribution in [0.1, 0.15) is 15.9 Å². The Bertz CT molecular complexity index is 641. The lowest BCUT2D eigenvalue weighted by molar-refractivity contribution is 0.0698. The second-order valence-corrected chi connectivity index (χ2v) is 5.05. The molecule has 0 unspecified atom stereocenters. The van der Waals surface area contributed by atoms with Crippen molar-refractivity contribution in [2.24, 2.45) is 0 Å². The molecule has 0 saturated heterocycles. The maximum absolute atomic E-state index is 10.9. The van der Waals surface area contributed by atoms with E-state index in [2.05, 4.69) is 21.2 Å². The molecule has 0 radical (unpaired) electrons. The summed E-state index contributed by atoms with van der Waals surface area (Å²) < 4.78 is 1.01. The molecule has 19 heavy (non-hydrogen) atoms. The van der Waals surface area contributed by atoms with Crippen molar-refractivity contribution in [2.45, 2.75) is 6.92 Å². The van der Waals surface area contributed by atoms with Crippen LogP contribution in [0.15, 0.2) is 40.9 Å². The molecule has 0 aliphatic heterocycles. The van der Waals surface area contributed by atoms with Crippen LogP contribution in [0.2, 0.25) is 0 Å². The number of anilines is 3. The fourth-order valence-corrected chi connectivity index (χ4v) is 2.05. The van der Waals surface area contributed by atoms with Gasteiger partial charge in [0.05, 0.1) is 5.56 Å². The number of halogens is 1. The Morgan fingerprint density at radius 1 is 1.21 bits per heavy atom. The largest absolute Gasteiger partial charge is 0.478 e. The van der Waals surface area contributed by atoms with Gasteiger partial charge in [-0.15, -0.1) is 0 Å². The van der Waals surface area contributed by atoms with Crippen LogP contribution in [0.25, 0.3) is 0 Å². The predicted octanol–water partition coefficient (Wildman–Crippen LogP) is 3.78. The number of carboxylic acid groups (broad SMARTS) is 1. The Labute approximate surface area is 119 Å². The first-order valence-electron chi connectivity index (χ1n) is 5.63. The topological polar surface area (TPSA) is 75.3 Å². The van der Waals surface area contributed by atoms with E-state index in [9.17, 15) is 4.79 Å². The van der Waals surface area contributed by atoms with E-state index in [1.807, 2.05) is 25.1 Å². The second kappa shape index (κ2) is 5.32. The number of hydrogen-bond acceptors (Lipinski definition) is 3. The summed E-state index contributed by atoms with van der Waals surface area (Å²) in [6.07, 6.45) is 0. The maximum atomic E-state index is 10.9. The van der Waals surface area contributed by atoms with Crippen LogP contribution in [0.5, 0.6) is 0 Å². The quantitative estimate of drug-likeness (QED) is 0.752. The van der Waals surface area contributed by atoms with Gasteiger partial charge in [0, 0.05) is 21.5 Å². The van der Waals surface area contributed by atoms with Crippen molar-refractivity contribution in [3.05, 3.63) is 52.0 Å². The third-order valence-corrected chi connectivity index (χ3v) is 3.60. The van der Waals surface area contributed by atoms with Crippen molar-refractivity contribution in [3.63, 3.8) is 0 Å². The van der Waals surface area contributed by atoms with E-state index in [0.29, 0.717) is 0 Å². The Kier molecular flexibility index (Phi) is 3.76. The standard InChI is InChI=1S/C14H13BrN2O2/c1-8-2-3-9(6-12(8)15)17-10-4-5-11(14(18)19)13(16)7-10/h2-7,17H,16H2,1H3,(H,18,19). The zero-order chi connectivity index (χ0) is 14.0. The number of hydrogen-bond donors (Lipinski definition) is 3. The number of nitrogens with two attached hydrogens (primary N) is 1. The molecule has 0 aliphatic rings. The van der Waals surface area contributed by atoms with E-state index in [-0.39, 0.29) is 11.3 Å². The zero-order valence-electron chi connectivity index (χ0n) is 10.3. The molecule has 0 aliphatic carbocycles. The molecule has 4 N–H and O–H groups in total. The number of nitrogen functional groups attached to an aromatic ring is 1. The number of nitrogens with one attached hydrogen (secondary N) is 1. The van der Waals surface area contributed by atoms with Gasteiger partial charge >= 0.3 is 5.97 Å². The highest BCUT2D eigenvalue weighted by atomic mass is 79.9. The molecule has 98 valence electrons. The van der Waals surface area contributed by atoms with Gasteiger partial charge in [-0.25, -0.2) is 4.79 Å². The third-order valence-electron chi connectivity index (χ3n) is 2.74. The number of carbonyl (C=O) groups is 1. The minimum Gasteiger partial charge on any atom is -0.478 e. The van der Waals surface area contributed by atoms with Crippen molar-refractivity contribution >= 4 is 39.0 Å². The molecule has 0 atom stereocenters. The highest BCUT2D eigenvalue weighted by Crippen LogP contribution is 2.25. The van der Waals surface area contributed by atoms with E-state index in [4.69, 9.17) is 10.8 Å². The van der Waals surface area contributed by atoms with Crippen molar-refractivity contribution in [1.29, 1.82) is 0 Å². The Hall–Kier alpha value is -2.01. The number of rotatable bonds is 3. The normalized spacial score (nSPS) is 10.2. The summed E-state index contributed by atoms with van der Waals surface area (Å²) in [6, 6.07) is 10.7. The van der Waals surface area contributed by atoms with Gasteiger partial charge < -0.3 is 16.2 Å². The molecule has 0 aromatic heterocycles. The van der Waals surface area contributed by atoms with E-state index < -0.39 is 5.97 Å². The molecular weight excluding hydrogens is 308 g/mol. The van der Waals surface area contributed by atoms with Gasteiger partial charge in [-0.05, 0) is 42.8 Å².